The number of amides is 1. The molecule has 1 amide bonds. The first-order chi connectivity index (χ1) is 6.41. The summed E-state index contributed by atoms with van der Waals surface area (Å²) in [6.07, 6.45) is 1.72. The molecule has 0 spiro atoms. The molecule has 1 atom stereocenters. The zero-order valence-corrected chi connectivity index (χ0v) is 9.39. The highest BCUT2D eigenvalue weighted by Crippen LogP contribution is 2.15. The minimum absolute atomic E-state index is 0.0784. The van der Waals surface area contributed by atoms with Gasteiger partial charge in [0.1, 0.15) is 5.01 Å². The Bertz CT molecular complexity index is 302. The van der Waals surface area contributed by atoms with Crippen molar-refractivity contribution in [3.05, 3.63) is 16.6 Å². The van der Waals surface area contributed by atoms with E-state index in [0.29, 0.717) is 0 Å². The van der Waals surface area contributed by atoms with Gasteiger partial charge in [-0.05, 0) is 20.8 Å². The molecule has 0 aliphatic heterocycles. The predicted octanol–water partition coefficient (Wildman–Crippen LogP) is 1.06. The lowest BCUT2D eigenvalue weighted by molar-refractivity contribution is -0.125. The summed E-state index contributed by atoms with van der Waals surface area (Å²) < 4.78 is 0. The first-order valence-electron chi connectivity index (χ1n) is 4.40. The molecule has 14 heavy (non-hydrogen) atoms. The molecule has 5 heteroatoms. The van der Waals surface area contributed by atoms with Crippen LogP contribution in [0.5, 0.6) is 0 Å². The number of hydrogen-bond donors (Lipinski definition) is 2. The second-order valence-electron chi connectivity index (χ2n) is 3.79. The van der Waals surface area contributed by atoms with Crippen LogP contribution in [0.1, 0.15) is 31.8 Å². The number of carbonyl (C=O) groups excluding carboxylic acids is 1. The highest BCUT2D eigenvalue weighted by molar-refractivity contribution is 7.09. The summed E-state index contributed by atoms with van der Waals surface area (Å²) in [5, 5.41) is 5.58. The number of carbonyl (C=O) groups is 1. The van der Waals surface area contributed by atoms with Gasteiger partial charge in [-0.2, -0.15) is 0 Å². The van der Waals surface area contributed by atoms with E-state index in [-0.39, 0.29) is 11.9 Å². The van der Waals surface area contributed by atoms with Crippen LogP contribution in [0.25, 0.3) is 0 Å². The Morgan fingerprint density at radius 3 is 2.79 bits per heavy atom. The van der Waals surface area contributed by atoms with E-state index in [4.69, 9.17) is 5.73 Å². The van der Waals surface area contributed by atoms with Gasteiger partial charge in [0.2, 0.25) is 5.91 Å². The fourth-order valence-electron chi connectivity index (χ4n) is 0.893. The standard InChI is InChI=1S/C9H15N3OS/c1-6(7-11-4-5-14-7)12-8(13)9(2,3)10/h4-6H,10H2,1-3H3,(H,12,13). The molecule has 0 bridgehead atoms. The van der Waals surface area contributed by atoms with Crippen LogP contribution in [0, 0.1) is 0 Å². The molecule has 0 aliphatic carbocycles. The SMILES string of the molecule is CC(NC(=O)C(C)(C)N)c1nccs1. The molecule has 0 aromatic carbocycles. The number of rotatable bonds is 3. The van der Waals surface area contributed by atoms with Crippen LogP contribution in [-0.4, -0.2) is 16.4 Å². The molecule has 1 aromatic heterocycles. The highest BCUT2D eigenvalue weighted by Gasteiger charge is 2.24. The first-order valence-corrected chi connectivity index (χ1v) is 5.28. The number of aromatic nitrogens is 1. The maximum absolute atomic E-state index is 11.5. The Labute approximate surface area is 87.5 Å². The van der Waals surface area contributed by atoms with Crippen LogP contribution < -0.4 is 11.1 Å². The third-order valence-corrected chi connectivity index (χ3v) is 2.71. The quantitative estimate of drug-likeness (QED) is 0.788. The lowest BCUT2D eigenvalue weighted by Crippen LogP contribution is -2.49. The Kier molecular flexibility index (Phi) is 3.23. The van der Waals surface area contributed by atoms with E-state index in [2.05, 4.69) is 10.3 Å². The minimum Gasteiger partial charge on any atom is -0.346 e. The van der Waals surface area contributed by atoms with Crippen LogP contribution in [0.4, 0.5) is 0 Å². The van der Waals surface area contributed by atoms with Gasteiger partial charge < -0.3 is 11.1 Å². The van der Waals surface area contributed by atoms with Gasteiger partial charge in [0.25, 0.3) is 0 Å². The molecule has 0 saturated carbocycles. The monoisotopic (exact) mass is 213 g/mol. The maximum atomic E-state index is 11.5. The van der Waals surface area contributed by atoms with Crippen LogP contribution in [0.3, 0.4) is 0 Å². The summed E-state index contributed by atoms with van der Waals surface area (Å²) in [6.45, 7) is 5.25. The van der Waals surface area contributed by atoms with E-state index < -0.39 is 5.54 Å². The number of hydrogen-bond acceptors (Lipinski definition) is 4. The van der Waals surface area contributed by atoms with E-state index in [0.717, 1.165) is 5.01 Å². The lowest BCUT2D eigenvalue weighted by Gasteiger charge is -2.20. The molecule has 78 valence electrons. The Hall–Kier alpha value is -0.940. The minimum atomic E-state index is -0.842. The number of thiazole rings is 1. The van der Waals surface area contributed by atoms with E-state index >= 15 is 0 Å². The second-order valence-corrected chi connectivity index (χ2v) is 4.71. The molecule has 0 saturated heterocycles. The number of nitrogens with one attached hydrogen (secondary N) is 1. The summed E-state index contributed by atoms with van der Waals surface area (Å²) in [5.74, 6) is -0.166. The van der Waals surface area contributed by atoms with Crippen molar-refractivity contribution in [2.45, 2.75) is 32.4 Å². The molecule has 1 unspecified atom stereocenters. The van der Waals surface area contributed by atoms with Crippen LogP contribution in [0.15, 0.2) is 11.6 Å². The van der Waals surface area contributed by atoms with Crippen molar-refractivity contribution in [1.29, 1.82) is 0 Å². The van der Waals surface area contributed by atoms with Crippen molar-refractivity contribution in [3.8, 4) is 0 Å². The van der Waals surface area contributed by atoms with Crippen molar-refractivity contribution in [2.24, 2.45) is 5.73 Å². The van der Waals surface area contributed by atoms with E-state index in [1.165, 1.54) is 11.3 Å². The molecule has 4 nitrogen and oxygen atoms in total. The van der Waals surface area contributed by atoms with E-state index in [9.17, 15) is 4.79 Å². The Morgan fingerprint density at radius 2 is 2.36 bits per heavy atom. The van der Waals surface area contributed by atoms with Crippen molar-refractivity contribution in [1.82, 2.24) is 10.3 Å². The predicted molar refractivity (Wildman–Crippen MR) is 56.9 cm³/mol. The average molecular weight is 213 g/mol. The third kappa shape index (κ3) is 2.78. The zero-order valence-electron chi connectivity index (χ0n) is 8.57. The Balaban J connectivity index is 2.58. The molecular formula is C9H15N3OS. The van der Waals surface area contributed by atoms with Crippen molar-refractivity contribution in [3.63, 3.8) is 0 Å². The van der Waals surface area contributed by atoms with Gasteiger partial charge >= 0.3 is 0 Å². The van der Waals surface area contributed by atoms with Gasteiger partial charge in [-0.3, -0.25) is 4.79 Å². The van der Waals surface area contributed by atoms with Gasteiger partial charge in [0.05, 0.1) is 11.6 Å². The molecule has 0 fully saturated rings. The third-order valence-electron chi connectivity index (χ3n) is 1.75. The van der Waals surface area contributed by atoms with Crippen molar-refractivity contribution < 1.29 is 4.79 Å². The van der Waals surface area contributed by atoms with Crippen molar-refractivity contribution >= 4 is 17.2 Å². The summed E-state index contributed by atoms with van der Waals surface area (Å²) in [6, 6.07) is -0.0784. The number of nitrogens with two attached hydrogens (primary N) is 1. The van der Waals surface area contributed by atoms with Crippen LogP contribution >= 0.6 is 11.3 Å². The van der Waals surface area contributed by atoms with Gasteiger partial charge in [0.15, 0.2) is 0 Å². The second kappa shape index (κ2) is 4.06. The molecule has 3 N–H and O–H groups in total. The Morgan fingerprint density at radius 1 is 1.71 bits per heavy atom. The van der Waals surface area contributed by atoms with Gasteiger partial charge in [-0.25, -0.2) is 4.98 Å². The molecule has 1 heterocycles. The molecule has 1 rings (SSSR count). The normalized spacial score (nSPS) is 13.7. The zero-order chi connectivity index (χ0) is 10.8. The highest BCUT2D eigenvalue weighted by atomic mass is 32.1. The molecule has 0 aliphatic rings. The molecular weight excluding hydrogens is 198 g/mol. The smallest absolute Gasteiger partial charge is 0.240 e. The maximum Gasteiger partial charge on any atom is 0.240 e. The van der Waals surface area contributed by atoms with E-state index in [1.807, 2.05) is 12.3 Å². The average Bonchev–Trinajstić information content (AvgIpc) is 2.53. The molecule has 0 radical (unpaired) electrons. The fourth-order valence-corrected chi connectivity index (χ4v) is 1.54. The summed E-state index contributed by atoms with van der Waals surface area (Å²) in [5.41, 5.74) is 4.81. The van der Waals surface area contributed by atoms with Gasteiger partial charge in [-0.1, -0.05) is 0 Å². The van der Waals surface area contributed by atoms with E-state index in [1.54, 1.807) is 20.0 Å². The fraction of sp³-hybridized carbons (Fsp3) is 0.556. The molecule has 1 aromatic rings. The summed E-state index contributed by atoms with van der Waals surface area (Å²) in [4.78, 5) is 15.6. The summed E-state index contributed by atoms with van der Waals surface area (Å²) in [7, 11) is 0. The largest absolute Gasteiger partial charge is 0.346 e. The topological polar surface area (TPSA) is 68.0 Å². The van der Waals surface area contributed by atoms with Gasteiger partial charge in [-0.15, -0.1) is 11.3 Å². The first kappa shape index (κ1) is 11.1. The van der Waals surface area contributed by atoms with Crippen molar-refractivity contribution in [2.75, 3.05) is 0 Å². The summed E-state index contributed by atoms with van der Waals surface area (Å²) >= 11 is 1.52. The van der Waals surface area contributed by atoms with Crippen LogP contribution in [0.2, 0.25) is 0 Å². The number of nitrogens with zero attached hydrogens (tertiary/aromatic N) is 1. The lowest BCUT2D eigenvalue weighted by atomic mass is 10.1. The van der Waals surface area contributed by atoms with Gasteiger partial charge in [0, 0.05) is 11.6 Å². The van der Waals surface area contributed by atoms with Crippen LogP contribution in [-0.2, 0) is 4.79 Å².